The maximum absolute atomic E-state index is 12.5. The van der Waals surface area contributed by atoms with Crippen molar-refractivity contribution >= 4 is 5.78 Å². The summed E-state index contributed by atoms with van der Waals surface area (Å²) >= 11 is 0. The normalized spacial score (nSPS) is 55.7. The van der Waals surface area contributed by atoms with E-state index in [1.807, 2.05) is 6.08 Å². The molecule has 0 bridgehead atoms. The van der Waals surface area contributed by atoms with Crippen LogP contribution in [-0.2, 0) is 4.79 Å². The lowest BCUT2D eigenvalue weighted by Gasteiger charge is -2.61. The molecule has 0 aromatic heterocycles. The van der Waals surface area contributed by atoms with Crippen LogP contribution in [0.15, 0.2) is 12.7 Å². The third-order valence-electron chi connectivity index (χ3n) is 8.77. The number of hydrogen-bond acceptors (Lipinski definition) is 2. The number of hydrogen-bond donors (Lipinski definition) is 1. The van der Waals surface area contributed by atoms with Gasteiger partial charge in [0, 0.05) is 17.8 Å². The molecular weight excluding hydrogens is 284 g/mol. The Morgan fingerprint density at radius 3 is 2.70 bits per heavy atom. The van der Waals surface area contributed by atoms with Gasteiger partial charge in [-0.25, -0.2) is 0 Å². The SMILES string of the molecule is C=C[C@@H]1C[C@@]2(C)[C@@H](CC[C@@H]3[C@@H]2CC[C@]2(C)C(=O)CC[C@@H]32)C[C@H]1O. The zero-order valence-electron chi connectivity index (χ0n) is 14.8. The van der Waals surface area contributed by atoms with Crippen molar-refractivity contribution in [3.05, 3.63) is 12.7 Å². The first-order valence-corrected chi connectivity index (χ1v) is 9.74. The highest BCUT2D eigenvalue weighted by molar-refractivity contribution is 5.87. The summed E-state index contributed by atoms with van der Waals surface area (Å²) in [4.78, 5) is 12.5. The summed E-state index contributed by atoms with van der Waals surface area (Å²) in [5, 5.41) is 10.4. The fourth-order valence-electron chi connectivity index (χ4n) is 7.36. The quantitative estimate of drug-likeness (QED) is 0.729. The second-order valence-corrected chi connectivity index (χ2v) is 9.48. The third kappa shape index (κ3) is 2.06. The van der Waals surface area contributed by atoms with Crippen LogP contribution in [0.25, 0.3) is 0 Å². The van der Waals surface area contributed by atoms with E-state index in [0.717, 1.165) is 43.9 Å². The van der Waals surface area contributed by atoms with Crippen LogP contribution < -0.4 is 0 Å². The van der Waals surface area contributed by atoms with E-state index in [4.69, 9.17) is 0 Å². The van der Waals surface area contributed by atoms with Crippen LogP contribution in [0.4, 0.5) is 0 Å². The number of carbonyl (C=O) groups is 1. The molecule has 0 aromatic rings. The molecule has 0 unspecified atom stereocenters. The fraction of sp³-hybridized carbons (Fsp3) is 0.857. The summed E-state index contributed by atoms with van der Waals surface area (Å²) in [6.07, 6.45) is 10.6. The summed E-state index contributed by atoms with van der Waals surface area (Å²) in [5.74, 6) is 3.57. The topological polar surface area (TPSA) is 37.3 Å². The Labute approximate surface area is 140 Å². The molecule has 0 spiro atoms. The highest BCUT2D eigenvalue weighted by Gasteiger charge is 2.60. The number of aliphatic hydroxyl groups is 1. The molecule has 4 aliphatic carbocycles. The molecule has 0 saturated heterocycles. The van der Waals surface area contributed by atoms with Crippen LogP contribution in [0, 0.1) is 40.4 Å². The van der Waals surface area contributed by atoms with Crippen molar-refractivity contribution in [2.75, 3.05) is 0 Å². The van der Waals surface area contributed by atoms with Gasteiger partial charge < -0.3 is 5.11 Å². The van der Waals surface area contributed by atoms with Gasteiger partial charge in [0.15, 0.2) is 0 Å². The second-order valence-electron chi connectivity index (χ2n) is 9.48. The van der Waals surface area contributed by atoms with Gasteiger partial charge in [-0.05, 0) is 74.0 Å². The summed E-state index contributed by atoms with van der Waals surface area (Å²) in [6, 6.07) is 0. The van der Waals surface area contributed by atoms with Gasteiger partial charge in [-0.3, -0.25) is 4.79 Å². The molecule has 0 radical (unpaired) electrons. The van der Waals surface area contributed by atoms with Gasteiger partial charge >= 0.3 is 0 Å². The summed E-state index contributed by atoms with van der Waals surface area (Å²) in [6.45, 7) is 8.73. The number of ketones is 1. The van der Waals surface area contributed by atoms with Crippen molar-refractivity contribution < 1.29 is 9.90 Å². The zero-order valence-corrected chi connectivity index (χ0v) is 14.8. The molecule has 23 heavy (non-hydrogen) atoms. The minimum atomic E-state index is -0.191. The first kappa shape index (κ1) is 15.9. The van der Waals surface area contributed by atoms with E-state index in [1.54, 1.807) is 0 Å². The summed E-state index contributed by atoms with van der Waals surface area (Å²) < 4.78 is 0. The van der Waals surface area contributed by atoms with Gasteiger partial charge in [-0.1, -0.05) is 19.9 Å². The van der Waals surface area contributed by atoms with Crippen molar-refractivity contribution in [3.63, 3.8) is 0 Å². The van der Waals surface area contributed by atoms with Crippen molar-refractivity contribution in [2.24, 2.45) is 40.4 Å². The Kier molecular flexibility index (Phi) is 3.58. The molecule has 2 heteroatoms. The molecule has 128 valence electrons. The lowest BCUT2D eigenvalue weighted by Crippen LogP contribution is -2.55. The highest BCUT2D eigenvalue weighted by atomic mass is 16.3. The molecule has 4 rings (SSSR count). The predicted octanol–water partition coefficient (Wildman–Crippen LogP) is 4.37. The Balaban J connectivity index is 1.65. The number of rotatable bonds is 1. The fourth-order valence-corrected chi connectivity index (χ4v) is 7.36. The van der Waals surface area contributed by atoms with Crippen LogP contribution in [-0.4, -0.2) is 17.0 Å². The van der Waals surface area contributed by atoms with E-state index < -0.39 is 0 Å². The molecular formula is C21H32O2. The zero-order chi connectivity index (χ0) is 16.4. The molecule has 8 atom stereocenters. The largest absolute Gasteiger partial charge is 0.393 e. The minimum Gasteiger partial charge on any atom is -0.393 e. The van der Waals surface area contributed by atoms with E-state index in [9.17, 15) is 9.90 Å². The molecule has 0 heterocycles. The molecule has 0 amide bonds. The summed E-state index contributed by atoms with van der Waals surface area (Å²) in [7, 11) is 0. The molecule has 2 nitrogen and oxygen atoms in total. The standard InChI is InChI=1S/C21H32O2/c1-4-13-12-21(3)14(11-18(13)22)5-6-15-16-7-8-19(23)20(16,2)10-9-17(15)21/h4,13-18,22H,1,5-12H2,2-3H3/t13-,14+,15+,16+,17+,18-,20+,21+/m1/s1. The smallest absolute Gasteiger partial charge is 0.139 e. The second kappa shape index (κ2) is 5.18. The van der Waals surface area contributed by atoms with E-state index in [0.29, 0.717) is 23.0 Å². The molecule has 0 aliphatic heterocycles. The Morgan fingerprint density at radius 2 is 1.96 bits per heavy atom. The van der Waals surface area contributed by atoms with Crippen molar-refractivity contribution in [1.82, 2.24) is 0 Å². The maximum atomic E-state index is 12.5. The molecule has 4 aliphatic rings. The van der Waals surface area contributed by atoms with Gasteiger partial charge in [-0.2, -0.15) is 0 Å². The van der Waals surface area contributed by atoms with E-state index in [1.165, 1.54) is 19.3 Å². The Hall–Kier alpha value is -0.630. The number of Topliss-reactive ketones (excluding diaryl/α,β-unsaturated/α-hetero) is 1. The van der Waals surface area contributed by atoms with E-state index >= 15 is 0 Å². The average Bonchev–Trinajstić information content (AvgIpc) is 2.83. The van der Waals surface area contributed by atoms with E-state index in [-0.39, 0.29) is 17.4 Å². The van der Waals surface area contributed by atoms with Crippen LogP contribution >= 0.6 is 0 Å². The number of fused-ring (bicyclic) bond motifs is 5. The molecule has 1 N–H and O–H groups in total. The number of carbonyl (C=O) groups excluding carboxylic acids is 1. The third-order valence-corrected chi connectivity index (χ3v) is 8.77. The minimum absolute atomic E-state index is 0.0175. The molecule has 0 aromatic carbocycles. The monoisotopic (exact) mass is 316 g/mol. The molecule has 4 saturated carbocycles. The lowest BCUT2D eigenvalue weighted by molar-refractivity contribution is -0.146. The van der Waals surface area contributed by atoms with Gasteiger partial charge in [0.2, 0.25) is 0 Å². The maximum Gasteiger partial charge on any atom is 0.139 e. The Morgan fingerprint density at radius 1 is 1.17 bits per heavy atom. The van der Waals surface area contributed by atoms with Crippen molar-refractivity contribution in [1.29, 1.82) is 0 Å². The highest BCUT2D eigenvalue weighted by Crippen LogP contribution is 2.65. The number of aliphatic hydroxyl groups excluding tert-OH is 1. The van der Waals surface area contributed by atoms with Crippen LogP contribution in [0.5, 0.6) is 0 Å². The van der Waals surface area contributed by atoms with Gasteiger partial charge in [0.25, 0.3) is 0 Å². The van der Waals surface area contributed by atoms with Crippen LogP contribution in [0.3, 0.4) is 0 Å². The van der Waals surface area contributed by atoms with Gasteiger partial charge in [0.05, 0.1) is 6.10 Å². The summed E-state index contributed by atoms with van der Waals surface area (Å²) in [5.41, 5.74) is 0.324. The van der Waals surface area contributed by atoms with Crippen molar-refractivity contribution in [3.8, 4) is 0 Å². The Bertz CT molecular complexity index is 526. The lowest BCUT2D eigenvalue weighted by atomic mass is 9.44. The van der Waals surface area contributed by atoms with Gasteiger partial charge in [-0.15, -0.1) is 6.58 Å². The van der Waals surface area contributed by atoms with Crippen molar-refractivity contribution in [2.45, 2.75) is 71.3 Å². The average molecular weight is 316 g/mol. The van der Waals surface area contributed by atoms with Crippen LogP contribution in [0.2, 0.25) is 0 Å². The van der Waals surface area contributed by atoms with Gasteiger partial charge in [0.1, 0.15) is 5.78 Å². The predicted molar refractivity (Wildman–Crippen MR) is 91.8 cm³/mol. The molecule has 4 fully saturated rings. The van der Waals surface area contributed by atoms with E-state index in [2.05, 4.69) is 20.4 Å². The first-order chi connectivity index (χ1) is 10.9. The van der Waals surface area contributed by atoms with Crippen LogP contribution in [0.1, 0.15) is 65.2 Å². The first-order valence-electron chi connectivity index (χ1n) is 9.74.